The quantitative estimate of drug-likeness (QED) is 0.657. The summed E-state index contributed by atoms with van der Waals surface area (Å²) in [4.78, 5) is 14.7. The number of hydrogen-bond acceptors (Lipinski definition) is 4. The van der Waals surface area contributed by atoms with Crippen molar-refractivity contribution in [2.45, 2.75) is 45.3 Å². The molecule has 1 aliphatic heterocycles. The first-order valence-electron chi connectivity index (χ1n) is 4.34. The molecule has 0 bridgehead atoms. The van der Waals surface area contributed by atoms with Crippen LogP contribution in [0.4, 0.5) is 0 Å². The number of aldehydes is 1. The molecular formula is C9H16N2O2. The number of hydrogen-bond donors (Lipinski definition) is 1. The van der Waals surface area contributed by atoms with Gasteiger partial charge >= 0.3 is 0 Å². The molecule has 0 saturated carbocycles. The van der Waals surface area contributed by atoms with E-state index in [-0.39, 0.29) is 6.42 Å². The van der Waals surface area contributed by atoms with Crippen LogP contribution in [-0.4, -0.2) is 33.5 Å². The van der Waals surface area contributed by atoms with Crippen LogP contribution in [0, 0.1) is 0 Å². The van der Waals surface area contributed by atoms with Crippen LogP contribution in [0.15, 0.2) is 4.99 Å². The van der Waals surface area contributed by atoms with E-state index in [2.05, 4.69) is 4.99 Å². The Balaban J connectivity index is 3.01. The second-order valence-electron chi connectivity index (χ2n) is 4.29. The molecule has 0 spiro atoms. The third-order valence-corrected chi connectivity index (χ3v) is 2.44. The van der Waals surface area contributed by atoms with Gasteiger partial charge in [0.15, 0.2) is 0 Å². The van der Waals surface area contributed by atoms with Gasteiger partial charge in [-0.1, -0.05) is 0 Å². The van der Waals surface area contributed by atoms with Gasteiger partial charge in [-0.3, -0.25) is 4.99 Å². The van der Waals surface area contributed by atoms with Gasteiger partial charge in [0.05, 0.1) is 5.54 Å². The van der Waals surface area contributed by atoms with Crippen LogP contribution < -0.4 is 0 Å². The predicted octanol–water partition coefficient (Wildman–Crippen LogP) is 1.24. The lowest BCUT2D eigenvalue weighted by Gasteiger charge is -2.33. The van der Waals surface area contributed by atoms with Gasteiger partial charge in [-0.15, -0.1) is 0 Å². The normalized spacial score (nSPS) is 25.8. The summed E-state index contributed by atoms with van der Waals surface area (Å²) < 4.78 is 0. The number of rotatable bonds is 2. The molecule has 1 N–H and O–H groups in total. The first-order chi connectivity index (χ1) is 5.82. The summed E-state index contributed by atoms with van der Waals surface area (Å²) in [6.45, 7) is 7.33. The van der Waals surface area contributed by atoms with Gasteiger partial charge in [-0.05, 0) is 27.7 Å². The summed E-state index contributed by atoms with van der Waals surface area (Å²) in [5.41, 5.74) is -0.429. The molecule has 1 heterocycles. The molecule has 0 atom stereocenters. The number of hydroxylamine groups is 2. The minimum absolute atomic E-state index is 0.285. The average molecular weight is 184 g/mol. The van der Waals surface area contributed by atoms with E-state index in [9.17, 15) is 10.0 Å². The Morgan fingerprint density at radius 1 is 1.46 bits per heavy atom. The van der Waals surface area contributed by atoms with Crippen LogP contribution in [-0.2, 0) is 4.79 Å². The number of carbonyl (C=O) groups excluding carboxylic acids is 1. The molecule has 0 unspecified atom stereocenters. The maximum absolute atomic E-state index is 10.4. The average Bonchev–Trinajstić information content (AvgIpc) is 2.14. The van der Waals surface area contributed by atoms with E-state index in [0.717, 1.165) is 12.0 Å². The Bertz CT molecular complexity index is 256. The summed E-state index contributed by atoms with van der Waals surface area (Å²) in [7, 11) is 0. The van der Waals surface area contributed by atoms with Crippen LogP contribution >= 0.6 is 0 Å². The van der Waals surface area contributed by atoms with Gasteiger partial charge in [0.25, 0.3) is 0 Å². The lowest BCUT2D eigenvalue weighted by Crippen LogP contribution is -2.50. The highest BCUT2D eigenvalue weighted by atomic mass is 16.5. The van der Waals surface area contributed by atoms with E-state index in [0.29, 0.717) is 0 Å². The van der Waals surface area contributed by atoms with Crippen molar-refractivity contribution < 1.29 is 10.0 Å². The minimum atomic E-state index is -0.623. The number of carbonyl (C=O) groups is 1. The van der Waals surface area contributed by atoms with E-state index in [1.807, 2.05) is 27.7 Å². The summed E-state index contributed by atoms with van der Waals surface area (Å²) in [5.74, 6) is 0. The maximum atomic E-state index is 10.4. The second-order valence-corrected chi connectivity index (χ2v) is 4.29. The zero-order valence-corrected chi connectivity index (χ0v) is 8.53. The number of nitrogens with zero attached hydrogens (tertiary/aromatic N) is 2. The van der Waals surface area contributed by atoms with Crippen molar-refractivity contribution in [1.82, 2.24) is 5.06 Å². The number of aliphatic imine (C=N–C) groups is 1. The summed E-state index contributed by atoms with van der Waals surface area (Å²) >= 11 is 0. The SMILES string of the molecule is CC1(C)N=C(CC=O)C(C)(C)N1O. The zero-order chi connectivity index (χ0) is 10.3. The topological polar surface area (TPSA) is 52.9 Å². The van der Waals surface area contributed by atoms with E-state index in [1.54, 1.807) is 0 Å². The van der Waals surface area contributed by atoms with Crippen molar-refractivity contribution in [3.05, 3.63) is 0 Å². The van der Waals surface area contributed by atoms with Crippen molar-refractivity contribution in [2.75, 3.05) is 0 Å². The molecule has 0 radical (unpaired) electrons. The molecule has 0 fully saturated rings. The Morgan fingerprint density at radius 2 is 2.00 bits per heavy atom. The fraction of sp³-hybridized carbons (Fsp3) is 0.778. The Hall–Kier alpha value is -0.740. The minimum Gasteiger partial charge on any atom is -0.311 e. The van der Waals surface area contributed by atoms with Crippen molar-refractivity contribution in [3.63, 3.8) is 0 Å². The monoisotopic (exact) mass is 184 g/mol. The van der Waals surface area contributed by atoms with Gasteiger partial charge < -0.3 is 10.0 Å². The third kappa shape index (κ3) is 1.51. The Morgan fingerprint density at radius 3 is 2.31 bits per heavy atom. The van der Waals surface area contributed by atoms with Crippen LogP contribution in [0.5, 0.6) is 0 Å². The smallest absolute Gasteiger partial charge is 0.130 e. The summed E-state index contributed by atoms with van der Waals surface area (Å²) in [6, 6.07) is 0. The van der Waals surface area contributed by atoms with Crippen molar-refractivity contribution in [1.29, 1.82) is 0 Å². The highest BCUT2D eigenvalue weighted by Crippen LogP contribution is 2.33. The van der Waals surface area contributed by atoms with E-state index >= 15 is 0 Å². The molecule has 4 nitrogen and oxygen atoms in total. The molecule has 0 aromatic rings. The molecule has 1 rings (SSSR count). The summed E-state index contributed by atoms with van der Waals surface area (Å²) in [6.07, 6.45) is 1.10. The van der Waals surface area contributed by atoms with Gasteiger partial charge in [0.2, 0.25) is 0 Å². The lowest BCUT2D eigenvalue weighted by molar-refractivity contribution is -0.188. The van der Waals surface area contributed by atoms with E-state index < -0.39 is 11.2 Å². The van der Waals surface area contributed by atoms with Crippen molar-refractivity contribution in [3.8, 4) is 0 Å². The first-order valence-corrected chi connectivity index (χ1v) is 4.34. The van der Waals surface area contributed by atoms with Crippen LogP contribution in [0.25, 0.3) is 0 Å². The molecule has 0 aromatic carbocycles. The molecule has 0 amide bonds. The highest BCUT2D eigenvalue weighted by Gasteiger charge is 2.46. The molecule has 0 saturated heterocycles. The highest BCUT2D eigenvalue weighted by molar-refractivity contribution is 6.01. The standard InChI is InChI=1S/C9H16N2O2/c1-8(2)7(5-6-12)10-9(3,4)11(8)13/h6,13H,5H2,1-4H3. The largest absolute Gasteiger partial charge is 0.311 e. The third-order valence-electron chi connectivity index (χ3n) is 2.44. The molecular weight excluding hydrogens is 168 g/mol. The molecule has 74 valence electrons. The van der Waals surface area contributed by atoms with Crippen molar-refractivity contribution >= 4 is 12.0 Å². The summed E-state index contributed by atoms with van der Waals surface area (Å²) in [5, 5.41) is 11.0. The predicted molar refractivity (Wildman–Crippen MR) is 49.9 cm³/mol. The maximum Gasteiger partial charge on any atom is 0.130 e. The lowest BCUT2D eigenvalue weighted by atomic mass is 9.97. The molecule has 0 aromatic heterocycles. The van der Waals surface area contributed by atoms with Crippen LogP contribution in [0.3, 0.4) is 0 Å². The fourth-order valence-corrected chi connectivity index (χ4v) is 1.70. The second kappa shape index (κ2) is 2.89. The molecule has 4 heteroatoms. The van der Waals surface area contributed by atoms with E-state index in [1.165, 1.54) is 5.06 Å². The van der Waals surface area contributed by atoms with Crippen LogP contribution in [0.1, 0.15) is 34.1 Å². The van der Waals surface area contributed by atoms with Gasteiger partial charge in [0.1, 0.15) is 11.9 Å². The Labute approximate surface area is 78.2 Å². The van der Waals surface area contributed by atoms with Crippen molar-refractivity contribution in [2.24, 2.45) is 4.99 Å². The van der Waals surface area contributed by atoms with E-state index in [4.69, 9.17) is 0 Å². The fourth-order valence-electron chi connectivity index (χ4n) is 1.70. The molecule has 0 aliphatic carbocycles. The molecule has 1 aliphatic rings. The first kappa shape index (κ1) is 10.3. The van der Waals surface area contributed by atoms with Crippen LogP contribution in [0.2, 0.25) is 0 Å². The zero-order valence-electron chi connectivity index (χ0n) is 8.53. The molecule has 13 heavy (non-hydrogen) atoms. The van der Waals surface area contributed by atoms with Gasteiger partial charge in [-0.2, -0.15) is 5.06 Å². The van der Waals surface area contributed by atoms with Gasteiger partial charge in [0, 0.05) is 12.1 Å². The Kier molecular flexibility index (Phi) is 2.30. The van der Waals surface area contributed by atoms with Gasteiger partial charge in [-0.25, -0.2) is 0 Å².